The highest BCUT2D eigenvalue weighted by Gasteiger charge is 2.60. The fraction of sp³-hybridized carbons (Fsp3) is 0.871. The van der Waals surface area contributed by atoms with Crippen molar-refractivity contribution >= 4 is 10.1 Å². The van der Waals surface area contributed by atoms with Crippen LogP contribution in [0.2, 0.25) is 0 Å². The predicted octanol–water partition coefficient (Wildman–Crippen LogP) is 6.27. The van der Waals surface area contributed by atoms with Gasteiger partial charge in [-0.05, 0) is 110 Å². The predicted molar refractivity (Wildman–Crippen MR) is 149 cm³/mol. The van der Waals surface area contributed by atoms with Crippen LogP contribution in [0.15, 0.2) is 24.3 Å². The molecule has 0 spiro atoms. The molecule has 4 aliphatic rings. The van der Waals surface area contributed by atoms with Crippen molar-refractivity contribution in [2.75, 3.05) is 26.1 Å². The Labute approximate surface area is 226 Å². The molecular formula is C31H52O5S. The number of hydrogen-bond acceptors (Lipinski definition) is 5. The van der Waals surface area contributed by atoms with Crippen molar-refractivity contribution < 1.29 is 22.8 Å². The molecule has 0 radical (unpaired) electrons. The second kappa shape index (κ2) is 10.4. The Bertz CT molecular complexity index is 990. The van der Waals surface area contributed by atoms with Gasteiger partial charge in [-0.3, -0.25) is 4.18 Å². The molecule has 8 atom stereocenters. The summed E-state index contributed by atoms with van der Waals surface area (Å²) in [7, 11) is -3.51. The van der Waals surface area contributed by atoms with E-state index in [0.717, 1.165) is 63.2 Å². The highest BCUT2D eigenvalue weighted by atomic mass is 32.2. The largest absolute Gasteiger partial charge is 0.396 e. The van der Waals surface area contributed by atoms with Gasteiger partial charge in [-0.2, -0.15) is 8.42 Å². The third kappa shape index (κ3) is 5.14. The summed E-state index contributed by atoms with van der Waals surface area (Å²) in [5, 5.41) is 21.2. The lowest BCUT2D eigenvalue weighted by molar-refractivity contribution is -0.134. The fourth-order valence-corrected chi connectivity index (χ4v) is 10.4. The Balaban J connectivity index is 1.59. The maximum atomic E-state index is 11.6. The van der Waals surface area contributed by atoms with E-state index in [2.05, 4.69) is 33.9 Å². The van der Waals surface area contributed by atoms with Crippen molar-refractivity contribution in [2.24, 2.45) is 45.3 Å². The molecule has 4 saturated carbocycles. The highest BCUT2D eigenvalue weighted by Crippen LogP contribution is 2.68. The lowest BCUT2D eigenvalue weighted by Gasteiger charge is -2.64. The van der Waals surface area contributed by atoms with E-state index in [9.17, 15) is 18.6 Å². The number of aliphatic hydroxyl groups is 2. The molecule has 4 fully saturated rings. The second-order valence-corrected chi connectivity index (χ2v) is 15.8. The summed E-state index contributed by atoms with van der Waals surface area (Å²) >= 11 is 0. The molecule has 8 unspecified atom stereocenters. The summed E-state index contributed by atoms with van der Waals surface area (Å²) in [4.78, 5) is 0. The zero-order chi connectivity index (χ0) is 27.3. The van der Waals surface area contributed by atoms with Crippen molar-refractivity contribution in [2.45, 2.75) is 97.8 Å². The van der Waals surface area contributed by atoms with Crippen LogP contribution in [0.1, 0.15) is 97.8 Å². The van der Waals surface area contributed by atoms with Crippen LogP contribution >= 0.6 is 0 Å². The van der Waals surface area contributed by atoms with E-state index in [1.54, 1.807) is 0 Å². The van der Waals surface area contributed by atoms with Crippen molar-refractivity contribution in [1.82, 2.24) is 0 Å². The number of rotatable bonds is 6. The van der Waals surface area contributed by atoms with E-state index in [4.69, 9.17) is 4.18 Å². The summed E-state index contributed by atoms with van der Waals surface area (Å²) in [6, 6.07) is 0. The molecule has 4 rings (SSSR count). The van der Waals surface area contributed by atoms with Gasteiger partial charge in [-0.15, -0.1) is 0 Å². The summed E-state index contributed by atoms with van der Waals surface area (Å²) in [5.41, 5.74) is 2.29. The second-order valence-electron chi connectivity index (χ2n) is 14.2. The quantitative estimate of drug-likeness (QED) is 0.309. The van der Waals surface area contributed by atoms with Crippen LogP contribution in [-0.2, 0) is 14.3 Å². The molecular weight excluding hydrogens is 484 g/mol. The summed E-state index contributed by atoms with van der Waals surface area (Å²) in [5.74, 6) is 1.59. The molecule has 6 heteroatoms. The average molecular weight is 537 g/mol. The molecule has 0 bridgehead atoms. The Hall–Kier alpha value is -0.690. The van der Waals surface area contributed by atoms with Gasteiger partial charge >= 0.3 is 0 Å². The van der Waals surface area contributed by atoms with Crippen molar-refractivity contribution in [3.63, 3.8) is 0 Å². The molecule has 4 aliphatic carbocycles. The van der Waals surface area contributed by atoms with Crippen LogP contribution in [0.5, 0.6) is 0 Å². The van der Waals surface area contributed by atoms with Crippen molar-refractivity contribution in [3.8, 4) is 0 Å². The lowest BCUT2D eigenvalue weighted by Crippen LogP contribution is -2.57. The maximum Gasteiger partial charge on any atom is 0.264 e. The maximum absolute atomic E-state index is 11.6. The van der Waals surface area contributed by atoms with Crippen LogP contribution in [0.25, 0.3) is 0 Å². The normalized spacial score (nSPS) is 45.0. The van der Waals surface area contributed by atoms with Gasteiger partial charge in [0.05, 0.1) is 19.5 Å². The molecule has 5 nitrogen and oxygen atoms in total. The number of aliphatic hydroxyl groups excluding tert-OH is 2. The first-order valence-electron chi connectivity index (χ1n) is 14.7. The lowest BCUT2D eigenvalue weighted by atomic mass is 9.41. The Morgan fingerprint density at radius 3 is 2.32 bits per heavy atom. The Morgan fingerprint density at radius 1 is 0.946 bits per heavy atom. The van der Waals surface area contributed by atoms with Gasteiger partial charge in [-0.1, -0.05) is 52.3 Å². The fourth-order valence-electron chi connectivity index (χ4n) is 10.1. The molecule has 0 aromatic heterocycles. The van der Waals surface area contributed by atoms with Gasteiger partial charge in [0, 0.05) is 12.0 Å². The third-order valence-electron chi connectivity index (χ3n) is 12.3. The first kappa shape index (κ1) is 29.3. The standard InChI is InChI=1S/C31H52O5S/c1-22(19-36-37(6,34)35)24-12-18-31(21-33)15-8-14-28(3)16-13-27-29(4,26(28)10-7-9-25(24)31)17-11-23(2)30(27,5)20-32/h24-27,32-33H,1-2,7-21H2,3-6H3. The van der Waals surface area contributed by atoms with E-state index in [1.807, 2.05) is 0 Å². The SMILES string of the molecule is C=C(COS(C)(=O)=O)C1CCC2(CO)CCCC3(C)CCC4C(C)(CO)C(=C)CCC4(C)C3CCCC12. The summed E-state index contributed by atoms with van der Waals surface area (Å²) < 4.78 is 28.3. The Kier molecular flexibility index (Phi) is 8.21. The Morgan fingerprint density at radius 2 is 1.68 bits per heavy atom. The molecule has 0 aromatic rings. The zero-order valence-corrected chi connectivity index (χ0v) is 24.7. The molecule has 0 amide bonds. The minimum absolute atomic E-state index is 0.0472. The highest BCUT2D eigenvalue weighted by molar-refractivity contribution is 7.86. The van der Waals surface area contributed by atoms with Gasteiger partial charge in [0.1, 0.15) is 0 Å². The van der Waals surface area contributed by atoms with Crippen LogP contribution in [0, 0.1) is 45.3 Å². The monoisotopic (exact) mass is 536 g/mol. The van der Waals surface area contributed by atoms with Gasteiger partial charge < -0.3 is 10.2 Å². The summed E-state index contributed by atoms with van der Waals surface area (Å²) in [6.07, 6.45) is 14.2. The van der Waals surface area contributed by atoms with Crippen LogP contribution in [0.4, 0.5) is 0 Å². The van der Waals surface area contributed by atoms with E-state index in [-0.39, 0.29) is 47.4 Å². The number of hydrogen-bond donors (Lipinski definition) is 2. The molecule has 0 aromatic carbocycles. The zero-order valence-electron chi connectivity index (χ0n) is 23.9. The molecule has 212 valence electrons. The van der Waals surface area contributed by atoms with Crippen LogP contribution in [-0.4, -0.2) is 44.7 Å². The van der Waals surface area contributed by atoms with Gasteiger partial charge in [0.25, 0.3) is 10.1 Å². The molecule has 0 heterocycles. The van der Waals surface area contributed by atoms with Gasteiger partial charge in [-0.25, -0.2) is 0 Å². The van der Waals surface area contributed by atoms with E-state index in [0.29, 0.717) is 17.8 Å². The minimum atomic E-state index is -3.51. The summed E-state index contributed by atoms with van der Waals surface area (Å²) in [6.45, 7) is 16.4. The molecule has 2 N–H and O–H groups in total. The first-order valence-corrected chi connectivity index (χ1v) is 16.5. The topological polar surface area (TPSA) is 83.8 Å². The molecule has 0 saturated heterocycles. The third-order valence-corrected chi connectivity index (χ3v) is 12.8. The van der Waals surface area contributed by atoms with Gasteiger partial charge in [0.2, 0.25) is 0 Å². The minimum Gasteiger partial charge on any atom is -0.396 e. The smallest absolute Gasteiger partial charge is 0.264 e. The average Bonchev–Trinajstić information content (AvgIpc) is 3.20. The molecule has 0 aliphatic heterocycles. The van der Waals surface area contributed by atoms with Crippen LogP contribution < -0.4 is 0 Å². The van der Waals surface area contributed by atoms with E-state index < -0.39 is 10.1 Å². The number of fused-ring (bicyclic) bond motifs is 4. The van der Waals surface area contributed by atoms with E-state index in [1.165, 1.54) is 31.3 Å². The van der Waals surface area contributed by atoms with Gasteiger partial charge in [0.15, 0.2) is 0 Å². The van der Waals surface area contributed by atoms with E-state index >= 15 is 0 Å². The van der Waals surface area contributed by atoms with Crippen LogP contribution in [0.3, 0.4) is 0 Å². The first-order chi connectivity index (χ1) is 17.2. The van der Waals surface area contributed by atoms with Crippen molar-refractivity contribution in [3.05, 3.63) is 24.3 Å². The van der Waals surface area contributed by atoms with Crippen molar-refractivity contribution in [1.29, 1.82) is 0 Å². The molecule has 37 heavy (non-hydrogen) atoms.